The Hall–Kier alpha value is -3.04. The molecule has 0 unspecified atom stereocenters. The number of ether oxygens (including phenoxy) is 1. The number of hydrogen-bond acceptors (Lipinski definition) is 5. The van der Waals surface area contributed by atoms with Crippen molar-refractivity contribution in [3.05, 3.63) is 66.0 Å². The van der Waals surface area contributed by atoms with Crippen molar-refractivity contribution in [2.24, 2.45) is 5.14 Å². The second kappa shape index (κ2) is 8.56. The number of carbonyl (C=O) groups is 2. The van der Waals surface area contributed by atoms with E-state index in [-0.39, 0.29) is 16.1 Å². The quantitative estimate of drug-likeness (QED) is 0.577. The number of hydrogen-bond donors (Lipinski definition) is 2. The van der Waals surface area contributed by atoms with Crippen molar-refractivity contribution in [1.82, 2.24) is 0 Å². The van der Waals surface area contributed by atoms with Gasteiger partial charge in [-0.3, -0.25) is 4.79 Å². The molecule has 0 aliphatic heterocycles. The van der Waals surface area contributed by atoms with Crippen molar-refractivity contribution in [3.8, 4) is 0 Å². The number of carbonyl (C=O) groups excluding carboxylic acids is 2. The molecule has 0 bridgehead atoms. The molecular weight excluding hydrogens is 375 g/mol. The largest absolute Gasteiger partial charge is 0.449 e. The highest BCUT2D eigenvalue weighted by Crippen LogP contribution is 2.15. The Kier molecular flexibility index (Phi) is 6.43. The highest BCUT2D eigenvalue weighted by atomic mass is 32.2. The third kappa shape index (κ3) is 6.01. The van der Waals surface area contributed by atoms with Crippen LogP contribution in [0.4, 0.5) is 10.1 Å². The third-order valence-electron chi connectivity index (χ3n) is 3.40. The summed E-state index contributed by atoms with van der Waals surface area (Å²) >= 11 is 0. The second-order valence-corrected chi connectivity index (χ2v) is 7.06. The fourth-order valence-corrected chi connectivity index (χ4v) is 2.59. The van der Waals surface area contributed by atoms with E-state index in [0.717, 1.165) is 6.08 Å². The van der Waals surface area contributed by atoms with Gasteiger partial charge in [0.05, 0.1) is 4.90 Å². The topological polar surface area (TPSA) is 116 Å². The highest BCUT2D eigenvalue weighted by Gasteiger charge is 2.17. The molecule has 0 spiro atoms. The van der Waals surface area contributed by atoms with Crippen LogP contribution in [0.3, 0.4) is 0 Å². The number of rotatable bonds is 6. The first-order valence-electron chi connectivity index (χ1n) is 7.74. The lowest BCUT2D eigenvalue weighted by Crippen LogP contribution is -2.29. The maximum Gasteiger partial charge on any atom is 0.331 e. The average molecular weight is 392 g/mol. The molecule has 2 aromatic rings. The summed E-state index contributed by atoms with van der Waals surface area (Å²) in [6, 6.07) is 11.2. The van der Waals surface area contributed by atoms with Crippen molar-refractivity contribution in [2.75, 3.05) is 5.32 Å². The minimum atomic E-state index is -3.91. The monoisotopic (exact) mass is 392 g/mol. The van der Waals surface area contributed by atoms with Crippen LogP contribution in [0.5, 0.6) is 0 Å². The van der Waals surface area contributed by atoms with Gasteiger partial charge in [0.1, 0.15) is 5.82 Å². The number of benzene rings is 2. The smallest absolute Gasteiger partial charge is 0.331 e. The van der Waals surface area contributed by atoms with Crippen LogP contribution in [0.15, 0.2) is 59.5 Å². The molecule has 0 aliphatic rings. The van der Waals surface area contributed by atoms with E-state index < -0.39 is 33.8 Å². The minimum absolute atomic E-state index is 0.169. The molecule has 7 nitrogen and oxygen atoms in total. The van der Waals surface area contributed by atoms with Crippen molar-refractivity contribution in [3.63, 3.8) is 0 Å². The Balaban J connectivity index is 1.97. The molecule has 142 valence electrons. The molecule has 0 saturated carbocycles. The van der Waals surface area contributed by atoms with Crippen molar-refractivity contribution < 1.29 is 27.1 Å². The normalized spacial score (nSPS) is 12.6. The van der Waals surface area contributed by atoms with Crippen LogP contribution >= 0.6 is 0 Å². The van der Waals surface area contributed by atoms with E-state index in [1.807, 2.05) is 0 Å². The van der Waals surface area contributed by atoms with E-state index in [1.54, 1.807) is 6.07 Å². The van der Waals surface area contributed by atoms with Crippen LogP contribution in [0.25, 0.3) is 6.08 Å². The zero-order valence-corrected chi connectivity index (χ0v) is 15.1. The number of anilines is 1. The zero-order valence-electron chi connectivity index (χ0n) is 14.3. The SMILES string of the molecule is C[C@H](OC(=O)/C=C/c1ccccc1F)C(=O)Nc1cccc(S(N)(=O)=O)c1. The predicted molar refractivity (Wildman–Crippen MR) is 97.4 cm³/mol. The standard InChI is InChI=1S/C18H17FN2O5S/c1-12(26-17(22)10-9-13-5-2-3-8-16(13)19)18(23)21-14-6-4-7-15(11-14)27(20,24)25/h2-12H,1H3,(H,21,23)(H2,20,24,25)/b10-9+/t12-/m0/s1. The summed E-state index contributed by atoms with van der Waals surface area (Å²) in [5.41, 5.74) is 0.377. The van der Waals surface area contributed by atoms with Gasteiger partial charge in [-0.15, -0.1) is 0 Å². The predicted octanol–water partition coefficient (Wildman–Crippen LogP) is 2.06. The lowest BCUT2D eigenvalue weighted by Gasteiger charge is -2.12. The van der Waals surface area contributed by atoms with Gasteiger partial charge in [-0.25, -0.2) is 22.7 Å². The Morgan fingerprint density at radius 3 is 2.56 bits per heavy atom. The number of nitrogens with one attached hydrogen (secondary N) is 1. The number of amides is 1. The molecule has 0 radical (unpaired) electrons. The van der Waals surface area contributed by atoms with Crippen LogP contribution in [0.2, 0.25) is 0 Å². The van der Waals surface area contributed by atoms with Gasteiger partial charge in [-0.05, 0) is 37.3 Å². The fourth-order valence-electron chi connectivity index (χ4n) is 2.03. The number of esters is 1. The van der Waals surface area contributed by atoms with Gasteiger partial charge in [0, 0.05) is 17.3 Å². The van der Waals surface area contributed by atoms with Gasteiger partial charge in [0.25, 0.3) is 5.91 Å². The molecule has 27 heavy (non-hydrogen) atoms. The molecule has 9 heteroatoms. The summed E-state index contributed by atoms with van der Waals surface area (Å²) in [7, 11) is -3.91. The first kappa shape index (κ1) is 20.3. The number of sulfonamides is 1. The van der Waals surface area contributed by atoms with Gasteiger partial charge in [-0.2, -0.15) is 0 Å². The van der Waals surface area contributed by atoms with E-state index >= 15 is 0 Å². The van der Waals surface area contributed by atoms with E-state index in [0.29, 0.717) is 0 Å². The molecule has 2 rings (SSSR count). The first-order chi connectivity index (χ1) is 12.7. The average Bonchev–Trinajstić information content (AvgIpc) is 2.60. The molecule has 0 heterocycles. The second-order valence-electron chi connectivity index (χ2n) is 5.50. The summed E-state index contributed by atoms with van der Waals surface area (Å²) < 4.78 is 41.1. The van der Waals surface area contributed by atoms with Gasteiger partial charge in [0.2, 0.25) is 10.0 Å². The van der Waals surface area contributed by atoms with Crippen molar-refractivity contribution in [2.45, 2.75) is 17.9 Å². The molecular formula is C18H17FN2O5S. The Morgan fingerprint density at radius 2 is 1.89 bits per heavy atom. The zero-order chi connectivity index (χ0) is 20.0. The Bertz CT molecular complexity index is 989. The van der Waals surface area contributed by atoms with Crippen LogP contribution in [-0.4, -0.2) is 26.4 Å². The summed E-state index contributed by atoms with van der Waals surface area (Å²) in [6.45, 7) is 1.34. The molecule has 1 amide bonds. The van der Waals surface area contributed by atoms with Crippen molar-refractivity contribution in [1.29, 1.82) is 0 Å². The number of halogens is 1. The first-order valence-corrected chi connectivity index (χ1v) is 9.28. The lowest BCUT2D eigenvalue weighted by atomic mass is 10.2. The fraction of sp³-hybridized carbons (Fsp3) is 0.111. The van der Waals surface area contributed by atoms with E-state index in [9.17, 15) is 22.4 Å². The summed E-state index contributed by atoms with van der Waals surface area (Å²) in [5.74, 6) is -2.00. The van der Waals surface area contributed by atoms with Crippen molar-refractivity contribution >= 4 is 33.7 Å². The molecule has 2 aromatic carbocycles. The third-order valence-corrected chi connectivity index (χ3v) is 4.31. The van der Waals surface area contributed by atoms with Gasteiger partial charge < -0.3 is 10.1 Å². The Morgan fingerprint density at radius 1 is 1.19 bits per heavy atom. The lowest BCUT2D eigenvalue weighted by molar-refractivity contribution is -0.148. The van der Waals surface area contributed by atoms with Gasteiger partial charge in [0.15, 0.2) is 6.10 Å². The summed E-state index contributed by atoms with van der Waals surface area (Å²) in [5, 5.41) is 7.45. The molecule has 0 aromatic heterocycles. The summed E-state index contributed by atoms with van der Waals surface area (Å²) in [6.07, 6.45) is 1.07. The molecule has 0 saturated heterocycles. The van der Waals surface area contributed by atoms with Crippen LogP contribution in [0.1, 0.15) is 12.5 Å². The minimum Gasteiger partial charge on any atom is -0.449 e. The number of nitrogens with two attached hydrogens (primary N) is 1. The number of primary sulfonamides is 1. The molecule has 0 fully saturated rings. The van der Waals surface area contributed by atoms with Crippen LogP contribution in [-0.2, 0) is 24.3 Å². The maximum atomic E-state index is 13.5. The van der Waals surface area contributed by atoms with Gasteiger partial charge >= 0.3 is 5.97 Å². The Labute approximate surface area is 155 Å². The van der Waals surface area contributed by atoms with E-state index in [1.165, 1.54) is 55.5 Å². The maximum absolute atomic E-state index is 13.5. The van der Waals surface area contributed by atoms with Crippen LogP contribution in [0, 0.1) is 5.82 Å². The highest BCUT2D eigenvalue weighted by molar-refractivity contribution is 7.89. The summed E-state index contributed by atoms with van der Waals surface area (Å²) in [4.78, 5) is 23.7. The molecule has 0 aliphatic carbocycles. The van der Waals surface area contributed by atoms with E-state index in [4.69, 9.17) is 9.88 Å². The molecule has 1 atom stereocenters. The van der Waals surface area contributed by atoms with E-state index in [2.05, 4.69) is 5.32 Å². The van der Waals surface area contributed by atoms with Gasteiger partial charge in [-0.1, -0.05) is 24.3 Å². The molecule has 3 N–H and O–H groups in total. The van der Waals surface area contributed by atoms with Crippen LogP contribution < -0.4 is 10.5 Å².